The van der Waals surface area contributed by atoms with Crippen molar-refractivity contribution in [3.05, 3.63) is 40.4 Å². The van der Waals surface area contributed by atoms with E-state index < -0.39 is 4.92 Å². The van der Waals surface area contributed by atoms with Gasteiger partial charge in [0.05, 0.1) is 17.0 Å². The van der Waals surface area contributed by atoms with Crippen LogP contribution in [0.15, 0.2) is 30.3 Å². The van der Waals surface area contributed by atoms with Crippen molar-refractivity contribution in [3.8, 4) is 5.88 Å². The second kappa shape index (κ2) is 5.42. The first kappa shape index (κ1) is 12.8. The van der Waals surface area contributed by atoms with Crippen LogP contribution in [0.2, 0.25) is 0 Å². The fourth-order valence-electron chi connectivity index (χ4n) is 2.35. The highest BCUT2D eigenvalue weighted by Crippen LogP contribution is 2.22. The zero-order valence-corrected chi connectivity index (χ0v) is 10.9. The molecule has 6 heteroatoms. The lowest BCUT2D eigenvalue weighted by atomic mass is 10.1. The van der Waals surface area contributed by atoms with Crippen molar-refractivity contribution in [1.82, 2.24) is 10.3 Å². The van der Waals surface area contributed by atoms with Crippen LogP contribution in [0.25, 0.3) is 10.9 Å². The van der Waals surface area contributed by atoms with E-state index >= 15 is 0 Å². The lowest BCUT2D eigenvalue weighted by molar-refractivity contribution is -0.384. The average Bonchev–Trinajstić information content (AvgIpc) is 2.97. The van der Waals surface area contributed by atoms with Gasteiger partial charge in [-0.1, -0.05) is 0 Å². The predicted molar refractivity (Wildman–Crippen MR) is 74.9 cm³/mol. The maximum absolute atomic E-state index is 10.7. The molecular formula is C14H15N3O3. The Kier molecular flexibility index (Phi) is 3.47. The first-order valence-electron chi connectivity index (χ1n) is 6.61. The second-order valence-electron chi connectivity index (χ2n) is 4.95. The molecule has 1 aromatic heterocycles. The summed E-state index contributed by atoms with van der Waals surface area (Å²) < 4.78 is 5.69. The Morgan fingerprint density at radius 2 is 2.30 bits per heavy atom. The molecule has 2 heterocycles. The largest absolute Gasteiger partial charge is 0.477 e. The van der Waals surface area contributed by atoms with E-state index in [0.29, 0.717) is 23.9 Å². The van der Waals surface area contributed by atoms with Crippen molar-refractivity contribution in [1.29, 1.82) is 0 Å². The molecule has 0 spiro atoms. The maximum Gasteiger partial charge on any atom is 0.270 e. The van der Waals surface area contributed by atoms with Gasteiger partial charge in [0.25, 0.3) is 5.69 Å². The summed E-state index contributed by atoms with van der Waals surface area (Å²) in [5.74, 6) is 1.10. The zero-order chi connectivity index (χ0) is 13.9. The Labute approximate surface area is 115 Å². The standard InChI is InChI=1S/C14H15N3O3/c18-17(19)12-2-3-13-11(7-12)1-4-14(16-13)20-9-10-5-6-15-8-10/h1-4,7,10,15H,5-6,8-9H2. The van der Waals surface area contributed by atoms with Crippen molar-refractivity contribution in [3.63, 3.8) is 0 Å². The first-order valence-corrected chi connectivity index (χ1v) is 6.61. The van der Waals surface area contributed by atoms with Gasteiger partial charge in [-0.05, 0) is 25.1 Å². The summed E-state index contributed by atoms with van der Waals surface area (Å²) in [6, 6.07) is 8.19. The number of benzene rings is 1. The Hall–Kier alpha value is -2.21. The molecule has 0 bridgehead atoms. The van der Waals surface area contributed by atoms with Crippen LogP contribution in [0.3, 0.4) is 0 Å². The van der Waals surface area contributed by atoms with E-state index in [1.807, 2.05) is 0 Å². The number of ether oxygens (including phenoxy) is 1. The number of nitro groups is 1. The molecule has 1 saturated heterocycles. The number of nitrogens with zero attached hydrogens (tertiary/aromatic N) is 2. The Morgan fingerprint density at radius 1 is 1.40 bits per heavy atom. The highest BCUT2D eigenvalue weighted by molar-refractivity contribution is 5.81. The van der Waals surface area contributed by atoms with E-state index in [1.165, 1.54) is 12.1 Å². The summed E-state index contributed by atoms with van der Waals surface area (Å²) in [6.45, 7) is 2.68. The van der Waals surface area contributed by atoms with Gasteiger partial charge in [-0.2, -0.15) is 0 Å². The number of nitro benzene ring substituents is 1. The number of hydrogen-bond donors (Lipinski definition) is 1. The first-order chi connectivity index (χ1) is 9.72. The number of nitrogens with one attached hydrogen (secondary N) is 1. The van der Waals surface area contributed by atoms with E-state index in [-0.39, 0.29) is 5.69 Å². The van der Waals surface area contributed by atoms with Gasteiger partial charge in [-0.25, -0.2) is 4.98 Å². The minimum Gasteiger partial charge on any atom is -0.477 e. The summed E-state index contributed by atoms with van der Waals surface area (Å²) in [7, 11) is 0. The Morgan fingerprint density at radius 3 is 3.05 bits per heavy atom. The summed E-state index contributed by atoms with van der Waals surface area (Å²) >= 11 is 0. The number of aromatic nitrogens is 1. The molecule has 0 radical (unpaired) electrons. The normalized spacial score (nSPS) is 18.3. The predicted octanol–water partition coefficient (Wildman–Crippen LogP) is 2.13. The van der Waals surface area contributed by atoms with Crippen LogP contribution in [0, 0.1) is 16.0 Å². The van der Waals surface area contributed by atoms with Crippen molar-refractivity contribution in [2.45, 2.75) is 6.42 Å². The minimum atomic E-state index is -0.406. The van der Waals surface area contributed by atoms with E-state index in [9.17, 15) is 10.1 Å². The molecule has 1 atom stereocenters. The molecule has 1 aromatic carbocycles. The van der Waals surface area contributed by atoms with Crippen LogP contribution >= 0.6 is 0 Å². The molecule has 0 saturated carbocycles. The molecule has 20 heavy (non-hydrogen) atoms. The lowest BCUT2D eigenvalue weighted by Gasteiger charge is -2.10. The number of fused-ring (bicyclic) bond motifs is 1. The van der Waals surface area contributed by atoms with E-state index in [1.54, 1.807) is 18.2 Å². The van der Waals surface area contributed by atoms with Crippen molar-refractivity contribution in [2.75, 3.05) is 19.7 Å². The Bertz CT molecular complexity index is 639. The molecule has 1 aliphatic rings. The van der Waals surface area contributed by atoms with Crippen LogP contribution < -0.4 is 10.1 Å². The molecule has 0 aliphatic carbocycles. The zero-order valence-electron chi connectivity index (χ0n) is 10.9. The fourth-order valence-corrected chi connectivity index (χ4v) is 2.35. The summed E-state index contributed by atoms with van der Waals surface area (Å²) in [5, 5.41) is 14.8. The molecule has 0 amide bonds. The van der Waals surface area contributed by atoms with Gasteiger partial charge in [0.15, 0.2) is 0 Å². The molecular weight excluding hydrogens is 258 g/mol. The van der Waals surface area contributed by atoms with Crippen LogP contribution in [0.4, 0.5) is 5.69 Å². The van der Waals surface area contributed by atoms with Crippen LogP contribution in [-0.2, 0) is 0 Å². The van der Waals surface area contributed by atoms with Crippen molar-refractivity contribution < 1.29 is 9.66 Å². The highest BCUT2D eigenvalue weighted by atomic mass is 16.6. The highest BCUT2D eigenvalue weighted by Gasteiger charge is 2.15. The van der Waals surface area contributed by atoms with Gasteiger partial charge in [0.1, 0.15) is 0 Å². The van der Waals surface area contributed by atoms with Crippen LogP contribution in [0.1, 0.15) is 6.42 Å². The number of hydrogen-bond acceptors (Lipinski definition) is 5. The number of non-ortho nitro benzene ring substituents is 1. The van der Waals surface area contributed by atoms with Gasteiger partial charge in [0, 0.05) is 36.0 Å². The lowest BCUT2D eigenvalue weighted by Crippen LogP contribution is -2.15. The molecule has 1 aliphatic heterocycles. The molecule has 1 unspecified atom stereocenters. The van der Waals surface area contributed by atoms with Crippen LogP contribution in [-0.4, -0.2) is 29.6 Å². The average molecular weight is 273 g/mol. The molecule has 2 aromatic rings. The molecule has 6 nitrogen and oxygen atoms in total. The summed E-state index contributed by atoms with van der Waals surface area (Å²) in [6.07, 6.45) is 1.12. The third-order valence-corrected chi connectivity index (χ3v) is 3.49. The van der Waals surface area contributed by atoms with Gasteiger partial charge < -0.3 is 10.1 Å². The number of pyridine rings is 1. The fraction of sp³-hybridized carbons (Fsp3) is 0.357. The summed E-state index contributed by atoms with van der Waals surface area (Å²) in [5.41, 5.74) is 0.780. The Balaban J connectivity index is 1.76. The van der Waals surface area contributed by atoms with Gasteiger partial charge in [-0.15, -0.1) is 0 Å². The molecule has 3 rings (SSSR count). The van der Waals surface area contributed by atoms with Gasteiger partial charge in [0.2, 0.25) is 5.88 Å². The molecule has 104 valence electrons. The maximum atomic E-state index is 10.7. The third-order valence-electron chi connectivity index (χ3n) is 3.49. The van der Waals surface area contributed by atoms with Gasteiger partial charge >= 0.3 is 0 Å². The quantitative estimate of drug-likeness (QED) is 0.682. The van der Waals surface area contributed by atoms with E-state index in [2.05, 4.69) is 10.3 Å². The topological polar surface area (TPSA) is 77.3 Å². The van der Waals surface area contributed by atoms with Gasteiger partial charge in [-0.3, -0.25) is 10.1 Å². The van der Waals surface area contributed by atoms with Crippen molar-refractivity contribution in [2.24, 2.45) is 5.92 Å². The number of rotatable bonds is 4. The third kappa shape index (κ3) is 2.70. The van der Waals surface area contributed by atoms with E-state index in [4.69, 9.17) is 4.74 Å². The van der Waals surface area contributed by atoms with Crippen molar-refractivity contribution >= 4 is 16.6 Å². The van der Waals surface area contributed by atoms with E-state index in [0.717, 1.165) is 24.9 Å². The monoisotopic (exact) mass is 273 g/mol. The molecule has 1 N–H and O–H groups in total. The summed E-state index contributed by atoms with van der Waals surface area (Å²) in [4.78, 5) is 14.7. The SMILES string of the molecule is O=[N+]([O-])c1ccc2nc(OCC3CCNC3)ccc2c1. The smallest absolute Gasteiger partial charge is 0.270 e. The minimum absolute atomic E-state index is 0.0741. The molecule has 1 fully saturated rings. The second-order valence-corrected chi connectivity index (χ2v) is 4.95. The van der Waals surface area contributed by atoms with Crippen LogP contribution in [0.5, 0.6) is 5.88 Å².